The van der Waals surface area contributed by atoms with Crippen LogP contribution in [-0.4, -0.2) is 12.1 Å². The molecule has 0 N–H and O–H groups in total. The summed E-state index contributed by atoms with van der Waals surface area (Å²) in [5, 5.41) is 0. The summed E-state index contributed by atoms with van der Waals surface area (Å²) in [4.78, 5) is 11.4. The van der Waals surface area contributed by atoms with Crippen LogP contribution < -0.4 is 0 Å². The molecule has 0 aromatic rings. The minimum absolute atomic E-state index is 0.0748. The fraction of sp³-hybridized carbons (Fsp3) is 0.909. The minimum atomic E-state index is 0.0748. The van der Waals surface area contributed by atoms with Crippen LogP contribution >= 0.6 is 0 Å². The number of esters is 1. The normalized spacial score (nSPS) is 39.5. The average Bonchev–Trinajstić information content (AvgIpc) is 2.08. The highest BCUT2D eigenvalue weighted by Gasteiger charge is 2.34. The van der Waals surface area contributed by atoms with E-state index in [1.54, 1.807) is 0 Å². The van der Waals surface area contributed by atoms with E-state index in [4.69, 9.17) is 4.74 Å². The summed E-state index contributed by atoms with van der Waals surface area (Å²) < 4.78 is 5.38. The number of ether oxygens (including phenoxy) is 1. The lowest BCUT2D eigenvalue weighted by atomic mass is 9.81. The van der Waals surface area contributed by atoms with Gasteiger partial charge in [0.15, 0.2) is 0 Å². The molecule has 3 rings (SSSR count). The maximum atomic E-state index is 11.4. The molecular formula is C11H18O2. The molecule has 0 aromatic carbocycles. The van der Waals surface area contributed by atoms with E-state index < -0.39 is 0 Å². The molecule has 0 amide bonds. The molecule has 2 bridgehead atoms. The van der Waals surface area contributed by atoms with Crippen molar-refractivity contribution in [1.29, 1.82) is 0 Å². The van der Waals surface area contributed by atoms with Crippen molar-refractivity contribution in [2.24, 2.45) is 11.8 Å². The Hall–Kier alpha value is -0.530. The van der Waals surface area contributed by atoms with Crippen LogP contribution in [0.3, 0.4) is 0 Å². The smallest absolute Gasteiger partial charge is 0.309 e. The summed E-state index contributed by atoms with van der Waals surface area (Å²) in [5.41, 5.74) is 0. The van der Waals surface area contributed by atoms with Gasteiger partial charge in [0.05, 0.1) is 5.92 Å². The molecule has 2 nitrogen and oxygen atoms in total. The fourth-order valence-electron chi connectivity index (χ4n) is 2.55. The average molecular weight is 182 g/mol. The van der Waals surface area contributed by atoms with Gasteiger partial charge in [-0.05, 0) is 38.0 Å². The van der Waals surface area contributed by atoms with Crippen molar-refractivity contribution in [3.63, 3.8) is 0 Å². The third kappa shape index (κ3) is 1.87. The van der Waals surface area contributed by atoms with Crippen LogP contribution in [0.4, 0.5) is 0 Å². The van der Waals surface area contributed by atoms with Crippen molar-refractivity contribution < 1.29 is 9.53 Å². The Kier molecular flexibility index (Phi) is 2.56. The maximum Gasteiger partial charge on any atom is 0.309 e. The van der Waals surface area contributed by atoms with E-state index in [0.717, 1.165) is 31.6 Å². The highest BCUT2D eigenvalue weighted by molar-refractivity contribution is 5.73. The number of hydrogen-bond acceptors (Lipinski definition) is 2. The van der Waals surface area contributed by atoms with Crippen LogP contribution in [0.1, 0.15) is 45.4 Å². The van der Waals surface area contributed by atoms with Crippen molar-refractivity contribution in [1.82, 2.24) is 0 Å². The first-order valence-electron chi connectivity index (χ1n) is 5.50. The molecule has 1 aliphatic carbocycles. The second kappa shape index (κ2) is 3.69. The van der Waals surface area contributed by atoms with Gasteiger partial charge in [-0.25, -0.2) is 0 Å². The maximum absolute atomic E-state index is 11.4. The third-order valence-corrected chi connectivity index (χ3v) is 3.55. The van der Waals surface area contributed by atoms with E-state index in [1.165, 1.54) is 12.8 Å². The van der Waals surface area contributed by atoms with Gasteiger partial charge in [0.1, 0.15) is 6.10 Å². The quantitative estimate of drug-likeness (QED) is 0.582. The van der Waals surface area contributed by atoms with Crippen LogP contribution in [0.2, 0.25) is 0 Å². The Bertz CT molecular complexity index is 200. The Morgan fingerprint density at radius 1 is 1.31 bits per heavy atom. The minimum Gasteiger partial charge on any atom is -0.462 e. The lowest BCUT2D eigenvalue weighted by Gasteiger charge is -2.34. The molecule has 2 heteroatoms. The van der Waals surface area contributed by atoms with Crippen LogP contribution in [0.5, 0.6) is 0 Å². The SMILES string of the molecule is CCC1CCC2CCC(C1)OC2=O. The zero-order valence-corrected chi connectivity index (χ0v) is 8.29. The van der Waals surface area contributed by atoms with Crippen molar-refractivity contribution in [2.45, 2.75) is 51.6 Å². The van der Waals surface area contributed by atoms with Crippen LogP contribution in [0.15, 0.2) is 0 Å². The van der Waals surface area contributed by atoms with Crippen LogP contribution in [0.25, 0.3) is 0 Å². The van der Waals surface area contributed by atoms with Gasteiger partial charge in [-0.1, -0.05) is 13.3 Å². The molecule has 0 spiro atoms. The predicted molar refractivity (Wildman–Crippen MR) is 50.2 cm³/mol. The van der Waals surface area contributed by atoms with E-state index >= 15 is 0 Å². The molecular weight excluding hydrogens is 164 g/mol. The van der Waals surface area contributed by atoms with Gasteiger partial charge in [0.25, 0.3) is 0 Å². The molecule has 3 aliphatic rings. The molecule has 0 aromatic heterocycles. The van der Waals surface area contributed by atoms with Gasteiger partial charge in [-0.15, -0.1) is 0 Å². The van der Waals surface area contributed by atoms with Crippen LogP contribution in [0, 0.1) is 11.8 Å². The molecule has 3 unspecified atom stereocenters. The van der Waals surface area contributed by atoms with E-state index in [9.17, 15) is 4.79 Å². The first-order valence-corrected chi connectivity index (χ1v) is 5.50. The topological polar surface area (TPSA) is 26.3 Å². The zero-order valence-electron chi connectivity index (χ0n) is 8.29. The summed E-state index contributed by atoms with van der Waals surface area (Å²) >= 11 is 0. The molecule has 2 saturated heterocycles. The summed E-state index contributed by atoms with van der Waals surface area (Å²) in [6, 6.07) is 0. The Morgan fingerprint density at radius 2 is 2.08 bits per heavy atom. The lowest BCUT2D eigenvalue weighted by Crippen LogP contribution is -2.35. The van der Waals surface area contributed by atoms with E-state index in [-0.39, 0.29) is 18.0 Å². The number of carbonyl (C=O) groups excluding carboxylic acids is 1. The zero-order chi connectivity index (χ0) is 9.26. The third-order valence-electron chi connectivity index (χ3n) is 3.55. The van der Waals surface area contributed by atoms with E-state index in [1.807, 2.05) is 0 Å². The molecule has 2 heterocycles. The van der Waals surface area contributed by atoms with Crippen molar-refractivity contribution in [3.8, 4) is 0 Å². The van der Waals surface area contributed by atoms with Gasteiger partial charge < -0.3 is 4.74 Å². The molecule has 2 aliphatic heterocycles. The number of hydrogen-bond donors (Lipinski definition) is 0. The van der Waals surface area contributed by atoms with Crippen molar-refractivity contribution >= 4 is 5.97 Å². The van der Waals surface area contributed by atoms with Crippen molar-refractivity contribution in [2.75, 3.05) is 0 Å². The highest BCUT2D eigenvalue weighted by Crippen LogP contribution is 2.34. The van der Waals surface area contributed by atoms with E-state index in [0.29, 0.717) is 0 Å². The lowest BCUT2D eigenvalue weighted by molar-refractivity contribution is -0.163. The summed E-state index contributed by atoms with van der Waals surface area (Å²) in [5.74, 6) is 1.09. The first kappa shape index (κ1) is 9.04. The number of carbonyl (C=O) groups is 1. The van der Waals surface area contributed by atoms with Gasteiger partial charge in [-0.2, -0.15) is 0 Å². The summed E-state index contributed by atoms with van der Waals surface area (Å²) in [6.07, 6.45) is 7.05. The van der Waals surface area contributed by atoms with Gasteiger partial charge in [0, 0.05) is 0 Å². The molecule has 74 valence electrons. The first-order chi connectivity index (χ1) is 6.29. The number of fused-ring (bicyclic) bond motifs is 5. The molecule has 1 saturated carbocycles. The van der Waals surface area contributed by atoms with Gasteiger partial charge in [-0.3, -0.25) is 4.79 Å². The second-order valence-electron chi connectivity index (χ2n) is 4.42. The summed E-state index contributed by atoms with van der Waals surface area (Å²) in [6.45, 7) is 2.24. The molecule has 13 heavy (non-hydrogen) atoms. The monoisotopic (exact) mass is 182 g/mol. The predicted octanol–water partition coefficient (Wildman–Crippen LogP) is 2.52. The standard InChI is InChI=1S/C11H18O2/c1-2-8-3-4-9-5-6-10(7-8)13-11(9)12/h8-10H,2-7H2,1H3. The fourth-order valence-corrected chi connectivity index (χ4v) is 2.55. The molecule has 0 radical (unpaired) electrons. The van der Waals surface area contributed by atoms with E-state index in [2.05, 4.69) is 6.92 Å². The van der Waals surface area contributed by atoms with Gasteiger partial charge in [0.2, 0.25) is 0 Å². The molecule has 3 fully saturated rings. The summed E-state index contributed by atoms with van der Waals surface area (Å²) in [7, 11) is 0. The Balaban J connectivity index is 2.03. The Labute approximate surface area is 79.7 Å². The number of rotatable bonds is 1. The van der Waals surface area contributed by atoms with Gasteiger partial charge >= 0.3 is 5.97 Å². The molecule has 3 atom stereocenters. The van der Waals surface area contributed by atoms with Crippen LogP contribution in [-0.2, 0) is 9.53 Å². The van der Waals surface area contributed by atoms with Crippen molar-refractivity contribution in [3.05, 3.63) is 0 Å². The Morgan fingerprint density at radius 3 is 2.77 bits per heavy atom. The largest absolute Gasteiger partial charge is 0.462 e. The highest BCUT2D eigenvalue weighted by atomic mass is 16.5. The second-order valence-corrected chi connectivity index (χ2v) is 4.42.